The maximum Gasteiger partial charge on any atom is 0.410 e. The highest BCUT2D eigenvalue weighted by Crippen LogP contribution is 2.09. The molecule has 0 aliphatic carbocycles. The van der Waals surface area contributed by atoms with Crippen LogP contribution in [0.3, 0.4) is 0 Å². The van der Waals surface area contributed by atoms with Crippen molar-refractivity contribution >= 4 is 18.5 Å². The second kappa shape index (κ2) is 16.8. The minimum absolute atomic E-state index is 0.0644. The summed E-state index contributed by atoms with van der Waals surface area (Å²) in [6.45, 7) is 20.5. The largest absolute Gasteiger partial charge is 0.444 e. The summed E-state index contributed by atoms with van der Waals surface area (Å²) < 4.78 is 10.2. The van der Waals surface area contributed by atoms with E-state index in [2.05, 4.69) is 19.2 Å². The first-order valence-corrected chi connectivity index (χ1v) is 10.6. The number of rotatable bonds is 6. The van der Waals surface area contributed by atoms with Crippen LogP contribution in [-0.2, 0) is 14.3 Å². The predicted molar refractivity (Wildman–Crippen MR) is 126 cm³/mol. The van der Waals surface area contributed by atoms with E-state index >= 15 is 0 Å². The summed E-state index contributed by atoms with van der Waals surface area (Å²) in [7, 11) is 3.26. The van der Waals surface area contributed by atoms with Gasteiger partial charge in [-0.15, -0.1) is 0 Å². The second-order valence-corrected chi connectivity index (χ2v) is 9.78. The van der Waals surface area contributed by atoms with Crippen LogP contribution in [0.5, 0.6) is 0 Å². The molecule has 0 saturated carbocycles. The Morgan fingerprint density at radius 3 is 1.55 bits per heavy atom. The van der Waals surface area contributed by atoms with Gasteiger partial charge in [0.15, 0.2) is 0 Å². The van der Waals surface area contributed by atoms with Gasteiger partial charge in [0, 0.05) is 33.2 Å². The van der Waals surface area contributed by atoms with Gasteiger partial charge in [0.1, 0.15) is 17.5 Å². The predicted octanol–water partition coefficient (Wildman–Crippen LogP) is 3.26. The molecule has 9 heteroatoms. The molecule has 0 atom stereocenters. The van der Waals surface area contributed by atoms with Crippen molar-refractivity contribution in [1.29, 1.82) is 0 Å². The molecule has 3 N–H and O–H groups in total. The van der Waals surface area contributed by atoms with Gasteiger partial charge in [-0.05, 0) is 47.6 Å². The van der Waals surface area contributed by atoms with Crippen LogP contribution in [-0.4, -0.2) is 85.3 Å². The molecule has 0 aromatic rings. The van der Waals surface area contributed by atoms with Gasteiger partial charge >= 0.3 is 12.2 Å². The summed E-state index contributed by atoms with van der Waals surface area (Å²) in [5.74, 6) is 0. The number of nitrogens with one attached hydrogen (secondary N) is 1. The monoisotopic (exact) mass is 448 g/mol. The molecule has 0 spiro atoms. The topological polar surface area (TPSA) is 114 Å². The molecular weight excluding hydrogens is 400 g/mol. The fraction of sp³-hybridized carbons (Fsp3) is 0.864. The van der Waals surface area contributed by atoms with Gasteiger partial charge < -0.3 is 35.1 Å². The van der Waals surface area contributed by atoms with Crippen LogP contribution >= 0.6 is 0 Å². The van der Waals surface area contributed by atoms with Crippen molar-refractivity contribution < 1.29 is 23.9 Å². The number of ether oxygens (including phenoxy) is 2. The smallest absolute Gasteiger partial charge is 0.410 e. The molecule has 0 rings (SSSR count). The molecule has 0 bridgehead atoms. The summed E-state index contributed by atoms with van der Waals surface area (Å²) >= 11 is 0. The fourth-order valence-electron chi connectivity index (χ4n) is 1.48. The van der Waals surface area contributed by atoms with Gasteiger partial charge in [0.2, 0.25) is 0 Å². The number of amides is 2. The number of hydrogen-bond donors (Lipinski definition) is 2. The third kappa shape index (κ3) is 30.4. The molecule has 0 aliphatic rings. The minimum Gasteiger partial charge on any atom is -0.444 e. The quantitative estimate of drug-likeness (QED) is 0.599. The number of carbonyl (C=O) groups excluding carboxylic acids is 3. The van der Waals surface area contributed by atoms with E-state index in [9.17, 15) is 14.4 Å². The highest BCUT2D eigenvalue weighted by atomic mass is 16.6. The Bertz CT molecular complexity index is 494. The van der Waals surface area contributed by atoms with E-state index in [1.807, 2.05) is 34.6 Å². The SMILES string of the molecule is CC(C)N.CC(C)NCCN(C)C(=O)OC(C)(C)C.CN(CC=O)C(=O)OC(C)(C)C. The van der Waals surface area contributed by atoms with Crippen molar-refractivity contribution in [3.05, 3.63) is 0 Å². The first kappa shape index (κ1) is 33.8. The van der Waals surface area contributed by atoms with Crippen molar-refractivity contribution in [2.75, 3.05) is 33.7 Å². The Kier molecular flexibility index (Phi) is 18.3. The van der Waals surface area contributed by atoms with Crippen molar-refractivity contribution in [2.45, 2.75) is 92.5 Å². The molecule has 31 heavy (non-hydrogen) atoms. The van der Waals surface area contributed by atoms with Crippen molar-refractivity contribution in [2.24, 2.45) is 5.73 Å². The van der Waals surface area contributed by atoms with Crippen LogP contribution in [0, 0.1) is 0 Å². The minimum atomic E-state index is -0.506. The third-order valence-corrected chi connectivity index (χ3v) is 2.76. The number of hydrogen-bond acceptors (Lipinski definition) is 7. The van der Waals surface area contributed by atoms with Crippen LogP contribution in [0.1, 0.15) is 69.2 Å². The van der Waals surface area contributed by atoms with E-state index in [0.29, 0.717) is 24.9 Å². The van der Waals surface area contributed by atoms with Gasteiger partial charge in [-0.25, -0.2) is 9.59 Å². The van der Waals surface area contributed by atoms with Crippen LogP contribution in [0.15, 0.2) is 0 Å². The molecule has 0 heterocycles. The normalized spacial score (nSPS) is 10.9. The van der Waals surface area contributed by atoms with Crippen LogP contribution < -0.4 is 11.1 Å². The van der Waals surface area contributed by atoms with E-state index < -0.39 is 17.3 Å². The van der Waals surface area contributed by atoms with E-state index in [4.69, 9.17) is 15.2 Å². The van der Waals surface area contributed by atoms with E-state index in [1.54, 1.807) is 32.7 Å². The third-order valence-electron chi connectivity index (χ3n) is 2.76. The molecule has 0 fully saturated rings. The van der Waals surface area contributed by atoms with Gasteiger partial charge in [-0.1, -0.05) is 27.7 Å². The summed E-state index contributed by atoms with van der Waals surface area (Å²) in [4.78, 5) is 35.4. The van der Waals surface area contributed by atoms with Gasteiger partial charge in [0.05, 0.1) is 6.54 Å². The average Bonchev–Trinajstić information content (AvgIpc) is 2.51. The lowest BCUT2D eigenvalue weighted by Gasteiger charge is -2.24. The van der Waals surface area contributed by atoms with Crippen molar-refractivity contribution in [1.82, 2.24) is 15.1 Å². The molecule has 0 aromatic heterocycles. The zero-order chi connectivity index (χ0) is 25.4. The number of aldehydes is 1. The highest BCUT2D eigenvalue weighted by molar-refractivity contribution is 5.71. The molecule has 2 amide bonds. The lowest BCUT2D eigenvalue weighted by Crippen LogP contribution is -2.39. The first-order valence-electron chi connectivity index (χ1n) is 10.6. The zero-order valence-corrected chi connectivity index (χ0v) is 21.9. The molecule has 186 valence electrons. The summed E-state index contributed by atoms with van der Waals surface area (Å²) in [6.07, 6.45) is -0.0909. The molecule has 0 unspecified atom stereocenters. The highest BCUT2D eigenvalue weighted by Gasteiger charge is 2.19. The molecular formula is C22H48N4O5. The van der Waals surface area contributed by atoms with Crippen LogP contribution in [0.4, 0.5) is 9.59 Å². The van der Waals surface area contributed by atoms with Crippen molar-refractivity contribution in [3.8, 4) is 0 Å². The summed E-state index contributed by atoms with van der Waals surface area (Å²) in [5, 5.41) is 3.24. The molecule has 0 radical (unpaired) electrons. The Hall–Kier alpha value is -1.87. The van der Waals surface area contributed by atoms with Gasteiger partial charge in [-0.2, -0.15) is 0 Å². The van der Waals surface area contributed by atoms with Crippen LogP contribution in [0.2, 0.25) is 0 Å². The zero-order valence-electron chi connectivity index (χ0n) is 21.9. The standard InChI is InChI=1S/C11H24N2O2.C8H15NO3.C3H9N/c1-9(2)12-7-8-13(6)10(14)15-11(3,4)5;1-8(2,3)12-7(11)9(4)5-6-10;1-3(2)4/h9,12H,7-8H2,1-6H3;6H,5H2,1-4H3;3H,4H2,1-2H3. The Labute approximate surface area is 190 Å². The van der Waals surface area contributed by atoms with Crippen LogP contribution in [0.25, 0.3) is 0 Å². The lowest BCUT2D eigenvalue weighted by molar-refractivity contribution is -0.108. The fourth-order valence-corrected chi connectivity index (χ4v) is 1.48. The number of carbonyl (C=O) groups is 3. The molecule has 0 aromatic carbocycles. The van der Waals surface area contributed by atoms with E-state index in [-0.39, 0.29) is 12.6 Å². The Morgan fingerprint density at radius 2 is 1.26 bits per heavy atom. The second-order valence-electron chi connectivity index (χ2n) is 9.78. The maximum atomic E-state index is 11.5. The first-order chi connectivity index (χ1) is 13.8. The van der Waals surface area contributed by atoms with E-state index in [1.165, 1.54) is 11.9 Å². The van der Waals surface area contributed by atoms with Crippen molar-refractivity contribution in [3.63, 3.8) is 0 Å². The maximum absolute atomic E-state index is 11.5. The van der Waals surface area contributed by atoms with Gasteiger partial charge in [0.25, 0.3) is 0 Å². The Morgan fingerprint density at radius 1 is 0.903 bits per heavy atom. The molecule has 0 aliphatic heterocycles. The number of nitrogens with zero attached hydrogens (tertiary/aromatic N) is 2. The average molecular weight is 449 g/mol. The number of nitrogens with two attached hydrogens (primary N) is 1. The molecule has 9 nitrogen and oxygen atoms in total. The summed E-state index contributed by atoms with van der Waals surface area (Å²) in [5.41, 5.74) is 4.19. The van der Waals surface area contributed by atoms with E-state index in [0.717, 1.165) is 6.54 Å². The Balaban J connectivity index is -0.000000438. The van der Waals surface area contributed by atoms with Gasteiger partial charge in [-0.3, -0.25) is 0 Å². The summed E-state index contributed by atoms with van der Waals surface area (Å²) in [6, 6.07) is 0.775. The number of likely N-dealkylation sites (N-methyl/N-ethyl adjacent to an activating group) is 2. The lowest BCUT2D eigenvalue weighted by atomic mass is 10.2. The molecule has 0 saturated heterocycles.